The van der Waals surface area contributed by atoms with Gasteiger partial charge in [-0.1, -0.05) is 30.3 Å². The quantitative estimate of drug-likeness (QED) is 0.274. The van der Waals surface area contributed by atoms with Crippen molar-refractivity contribution in [3.63, 3.8) is 0 Å². The Morgan fingerprint density at radius 3 is 2.86 bits per heavy atom. The average molecular weight is 541 g/mol. The number of benzene rings is 2. The van der Waals surface area contributed by atoms with Gasteiger partial charge in [0.15, 0.2) is 16.7 Å². The topological polar surface area (TPSA) is 59.9 Å². The van der Waals surface area contributed by atoms with E-state index in [4.69, 9.17) is 21.1 Å². The largest absolute Gasteiger partial charge is 0.490 e. The summed E-state index contributed by atoms with van der Waals surface area (Å²) in [5.74, 6) is 1.10. The van der Waals surface area contributed by atoms with Crippen LogP contribution in [0.15, 0.2) is 59.0 Å². The number of hydrogen-bond donors (Lipinski definition) is 1. The van der Waals surface area contributed by atoms with Gasteiger partial charge in [0.1, 0.15) is 6.61 Å². The molecule has 1 amide bonds. The molecule has 2 aromatic carbocycles. The fourth-order valence-corrected chi connectivity index (χ4v) is 4.32. The standard InChI is InChI=1S/C21H18ClIN2O3S/c1-3-8-28-19-16(23)9-13(10-17(19)27-4-2)11-18-20(26)25-21(29-18)24-15-7-5-6-14(22)12-15/h3,5-7,9-12H,1,4,8H2,2H3,(H,24,25,26)/b18-11+. The number of hydrogen-bond acceptors (Lipinski definition) is 5. The van der Waals surface area contributed by atoms with E-state index < -0.39 is 0 Å². The van der Waals surface area contributed by atoms with Crippen molar-refractivity contribution in [2.75, 3.05) is 13.2 Å². The van der Waals surface area contributed by atoms with E-state index in [1.807, 2.05) is 37.3 Å². The highest BCUT2D eigenvalue weighted by Gasteiger charge is 2.24. The third-order valence-corrected chi connectivity index (χ3v) is 5.61. The average Bonchev–Trinajstić information content (AvgIpc) is 3.00. The first-order chi connectivity index (χ1) is 14.0. The molecule has 1 fully saturated rings. The van der Waals surface area contributed by atoms with Crippen LogP contribution >= 0.6 is 46.0 Å². The molecule has 0 radical (unpaired) electrons. The van der Waals surface area contributed by atoms with Crippen molar-refractivity contribution < 1.29 is 14.3 Å². The second-order valence-corrected chi connectivity index (χ2v) is 8.45. The summed E-state index contributed by atoms with van der Waals surface area (Å²) in [5.41, 5.74) is 1.52. The van der Waals surface area contributed by atoms with Gasteiger partial charge in [-0.15, -0.1) is 0 Å². The number of amidine groups is 1. The number of carbonyl (C=O) groups is 1. The van der Waals surface area contributed by atoms with E-state index in [-0.39, 0.29) is 5.91 Å². The van der Waals surface area contributed by atoms with Crippen molar-refractivity contribution in [1.82, 2.24) is 5.32 Å². The predicted molar refractivity (Wildman–Crippen MR) is 128 cm³/mol. The van der Waals surface area contributed by atoms with Crippen molar-refractivity contribution in [3.8, 4) is 11.5 Å². The molecule has 8 heteroatoms. The molecule has 0 aromatic heterocycles. The van der Waals surface area contributed by atoms with Crippen molar-refractivity contribution in [2.45, 2.75) is 6.92 Å². The predicted octanol–water partition coefficient (Wildman–Crippen LogP) is 5.80. The van der Waals surface area contributed by atoms with Gasteiger partial charge in [-0.25, -0.2) is 4.99 Å². The van der Waals surface area contributed by atoms with Crippen LogP contribution in [0.25, 0.3) is 6.08 Å². The van der Waals surface area contributed by atoms with Crippen LogP contribution in [0, 0.1) is 3.57 Å². The lowest BCUT2D eigenvalue weighted by molar-refractivity contribution is -0.115. The van der Waals surface area contributed by atoms with Gasteiger partial charge in [-0.2, -0.15) is 0 Å². The molecule has 0 bridgehead atoms. The Morgan fingerprint density at radius 2 is 2.14 bits per heavy atom. The van der Waals surface area contributed by atoms with Gasteiger partial charge < -0.3 is 14.8 Å². The second-order valence-electron chi connectivity index (χ2n) is 5.82. The maximum Gasteiger partial charge on any atom is 0.264 e. The van der Waals surface area contributed by atoms with E-state index in [0.29, 0.717) is 45.5 Å². The molecular formula is C21H18ClIN2O3S. The zero-order valence-corrected chi connectivity index (χ0v) is 19.3. The first kappa shape index (κ1) is 21.7. The van der Waals surface area contributed by atoms with Gasteiger partial charge in [0.2, 0.25) is 0 Å². The molecule has 150 valence electrons. The molecule has 5 nitrogen and oxygen atoms in total. The molecule has 3 rings (SSSR count). The van der Waals surface area contributed by atoms with Crippen LogP contribution in [-0.4, -0.2) is 24.3 Å². The van der Waals surface area contributed by atoms with Crippen LogP contribution in [-0.2, 0) is 4.79 Å². The lowest BCUT2D eigenvalue weighted by Gasteiger charge is -2.13. The molecule has 1 heterocycles. The molecule has 1 saturated heterocycles. The highest BCUT2D eigenvalue weighted by Crippen LogP contribution is 2.36. The third kappa shape index (κ3) is 5.77. The van der Waals surface area contributed by atoms with Gasteiger partial charge >= 0.3 is 0 Å². The number of nitrogens with one attached hydrogen (secondary N) is 1. The fraction of sp³-hybridized carbons (Fsp3) is 0.143. The number of amides is 1. The number of nitrogens with zero attached hydrogens (tertiary/aromatic N) is 1. The van der Waals surface area contributed by atoms with Crippen LogP contribution in [0.4, 0.5) is 5.69 Å². The number of ether oxygens (including phenoxy) is 2. The minimum Gasteiger partial charge on any atom is -0.490 e. The summed E-state index contributed by atoms with van der Waals surface area (Å²) in [7, 11) is 0. The monoisotopic (exact) mass is 540 g/mol. The molecule has 1 N–H and O–H groups in total. The molecule has 0 spiro atoms. The summed E-state index contributed by atoms with van der Waals surface area (Å²) < 4.78 is 12.3. The minimum atomic E-state index is -0.198. The Kier molecular flexibility index (Phi) is 7.63. The van der Waals surface area contributed by atoms with Crippen LogP contribution in [0.5, 0.6) is 11.5 Å². The zero-order chi connectivity index (χ0) is 20.8. The maximum atomic E-state index is 12.4. The highest BCUT2D eigenvalue weighted by molar-refractivity contribution is 14.1. The van der Waals surface area contributed by atoms with Crippen LogP contribution in [0.1, 0.15) is 12.5 Å². The number of aliphatic imine (C=N–C) groups is 1. The zero-order valence-electron chi connectivity index (χ0n) is 15.6. The highest BCUT2D eigenvalue weighted by atomic mass is 127. The van der Waals surface area contributed by atoms with Gasteiger partial charge in [-0.3, -0.25) is 4.79 Å². The van der Waals surface area contributed by atoms with E-state index in [1.54, 1.807) is 18.2 Å². The summed E-state index contributed by atoms with van der Waals surface area (Å²) in [5, 5.41) is 3.88. The summed E-state index contributed by atoms with van der Waals surface area (Å²) in [6.07, 6.45) is 3.49. The summed E-state index contributed by atoms with van der Waals surface area (Å²) >= 11 is 9.46. The maximum absolute atomic E-state index is 12.4. The van der Waals surface area contributed by atoms with E-state index in [2.05, 4.69) is 39.5 Å². The molecule has 0 aliphatic carbocycles. The summed E-state index contributed by atoms with van der Waals surface area (Å²) in [6.45, 7) is 6.48. The fourth-order valence-electron chi connectivity index (χ4n) is 2.51. The Labute approximate surface area is 192 Å². The number of halogens is 2. The number of rotatable bonds is 7. The van der Waals surface area contributed by atoms with E-state index in [0.717, 1.165) is 9.13 Å². The first-order valence-corrected chi connectivity index (χ1v) is 11.0. The van der Waals surface area contributed by atoms with E-state index >= 15 is 0 Å². The Bertz CT molecular complexity index is 1010. The van der Waals surface area contributed by atoms with Crippen molar-refractivity contribution in [3.05, 3.63) is 68.1 Å². The minimum absolute atomic E-state index is 0.198. The molecular weight excluding hydrogens is 523 g/mol. The lowest BCUT2D eigenvalue weighted by atomic mass is 10.2. The van der Waals surface area contributed by atoms with Crippen LogP contribution in [0.3, 0.4) is 0 Å². The molecule has 1 aliphatic rings. The van der Waals surface area contributed by atoms with Crippen LogP contribution < -0.4 is 14.8 Å². The third-order valence-electron chi connectivity index (χ3n) is 3.66. The van der Waals surface area contributed by atoms with Gasteiger partial charge in [-0.05, 0) is 83.2 Å². The molecule has 0 saturated carbocycles. The SMILES string of the molecule is C=CCOc1c(I)cc(/C=C2/SC(=Nc3cccc(Cl)c3)NC2=O)cc1OCC. The van der Waals surface area contributed by atoms with Gasteiger partial charge in [0.25, 0.3) is 5.91 Å². The molecule has 0 unspecified atom stereocenters. The van der Waals surface area contributed by atoms with E-state index in [9.17, 15) is 4.79 Å². The number of thioether (sulfide) groups is 1. The van der Waals surface area contributed by atoms with Crippen molar-refractivity contribution in [2.24, 2.45) is 4.99 Å². The van der Waals surface area contributed by atoms with Crippen molar-refractivity contribution >= 4 is 68.8 Å². The lowest BCUT2D eigenvalue weighted by Crippen LogP contribution is -2.19. The summed E-state index contributed by atoms with van der Waals surface area (Å²) in [4.78, 5) is 17.4. The van der Waals surface area contributed by atoms with Gasteiger partial charge in [0, 0.05) is 5.02 Å². The molecule has 29 heavy (non-hydrogen) atoms. The molecule has 2 aromatic rings. The first-order valence-electron chi connectivity index (χ1n) is 8.75. The number of carbonyl (C=O) groups excluding carboxylic acids is 1. The Morgan fingerprint density at radius 1 is 1.31 bits per heavy atom. The smallest absolute Gasteiger partial charge is 0.264 e. The second kappa shape index (κ2) is 10.2. The van der Waals surface area contributed by atoms with E-state index in [1.165, 1.54) is 11.8 Å². The van der Waals surface area contributed by atoms with Crippen LogP contribution in [0.2, 0.25) is 5.02 Å². The molecule has 0 atom stereocenters. The van der Waals surface area contributed by atoms with Gasteiger partial charge in [0.05, 0.1) is 20.8 Å². The Hall–Kier alpha value is -1.97. The molecule has 1 aliphatic heterocycles. The van der Waals surface area contributed by atoms with Crippen molar-refractivity contribution in [1.29, 1.82) is 0 Å². The Balaban J connectivity index is 1.87. The summed E-state index contributed by atoms with van der Waals surface area (Å²) in [6, 6.07) is 10.9. The normalized spacial score (nSPS) is 16.2.